The summed E-state index contributed by atoms with van der Waals surface area (Å²) in [7, 11) is 0. The molecule has 1 N–H and O–H groups in total. The molecule has 1 aromatic heterocycles. The van der Waals surface area contributed by atoms with Gasteiger partial charge in [0.15, 0.2) is 5.78 Å². The van der Waals surface area contributed by atoms with E-state index in [-0.39, 0.29) is 5.78 Å². The normalized spacial score (nSPS) is 17.7. The molecule has 1 heterocycles. The molecule has 0 aliphatic heterocycles. The largest absolute Gasteiger partial charge is 0.361 e. The average Bonchev–Trinajstić information content (AvgIpc) is 2.56. The van der Waals surface area contributed by atoms with Crippen molar-refractivity contribution in [3.63, 3.8) is 0 Å². The molecule has 0 bridgehead atoms. The van der Waals surface area contributed by atoms with E-state index in [2.05, 4.69) is 4.98 Å². The standard InChI is InChI=1S/C10H11NO/c12-9-4-1-3-8(7-9)10-5-2-6-11-10/h2,5-7,11H,1,3-4H2. The maximum Gasteiger partial charge on any atom is 0.156 e. The second-order valence-electron chi connectivity index (χ2n) is 3.07. The van der Waals surface area contributed by atoms with Crippen LogP contribution in [-0.2, 0) is 4.79 Å². The molecule has 0 fully saturated rings. The van der Waals surface area contributed by atoms with Gasteiger partial charge >= 0.3 is 0 Å². The first-order valence-electron chi connectivity index (χ1n) is 4.23. The van der Waals surface area contributed by atoms with Gasteiger partial charge in [-0.3, -0.25) is 4.79 Å². The molecule has 0 atom stereocenters. The molecule has 1 aliphatic carbocycles. The number of carbonyl (C=O) groups excluding carboxylic acids is 1. The molecular formula is C10H11NO. The number of hydrogen-bond acceptors (Lipinski definition) is 1. The first-order valence-corrected chi connectivity index (χ1v) is 4.23. The molecule has 0 saturated carbocycles. The Morgan fingerprint density at radius 2 is 2.25 bits per heavy atom. The van der Waals surface area contributed by atoms with Crippen LogP contribution in [-0.4, -0.2) is 10.8 Å². The van der Waals surface area contributed by atoms with Crippen molar-refractivity contribution in [2.75, 3.05) is 0 Å². The van der Waals surface area contributed by atoms with E-state index in [0.717, 1.165) is 24.1 Å². The van der Waals surface area contributed by atoms with Crippen molar-refractivity contribution < 1.29 is 4.79 Å². The highest BCUT2D eigenvalue weighted by Crippen LogP contribution is 2.23. The van der Waals surface area contributed by atoms with Crippen molar-refractivity contribution >= 4 is 11.4 Å². The fourth-order valence-corrected chi connectivity index (χ4v) is 1.53. The molecule has 0 saturated heterocycles. The molecule has 1 aliphatic rings. The first-order chi connectivity index (χ1) is 5.86. The highest BCUT2D eigenvalue weighted by atomic mass is 16.1. The van der Waals surface area contributed by atoms with Crippen molar-refractivity contribution in [1.82, 2.24) is 4.98 Å². The predicted octanol–water partition coefficient (Wildman–Crippen LogP) is 2.15. The van der Waals surface area contributed by atoms with Gasteiger partial charge in [-0.1, -0.05) is 0 Å². The maximum absolute atomic E-state index is 11.1. The second kappa shape index (κ2) is 2.97. The predicted molar refractivity (Wildman–Crippen MR) is 47.6 cm³/mol. The van der Waals surface area contributed by atoms with E-state index in [1.165, 1.54) is 0 Å². The van der Waals surface area contributed by atoms with Gasteiger partial charge in [0.05, 0.1) is 0 Å². The molecule has 62 valence electrons. The summed E-state index contributed by atoms with van der Waals surface area (Å²) in [6.45, 7) is 0. The van der Waals surface area contributed by atoms with Gasteiger partial charge in [0.1, 0.15) is 0 Å². The van der Waals surface area contributed by atoms with Crippen LogP contribution >= 0.6 is 0 Å². The van der Waals surface area contributed by atoms with Gasteiger partial charge in [0.2, 0.25) is 0 Å². The molecule has 2 rings (SSSR count). The van der Waals surface area contributed by atoms with Gasteiger partial charge in [-0.15, -0.1) is 0 Å². The van der Waals surface area contributed by atoms with E-state index in [4.69, 9.17) is 0 Å². The van der Waals surface area contributed by atoms with E-state index in [1.54, 1.807) is 6.08 Å². The van der Waals surface area contributed by atoms with E-state index in [9.17, 15) is 4.79 Å². The third-order valence-corrected chi connectivity index (χ3v) is 2.15. The van der Waals surface area contributed by atoms with Crippen LogP contribution in [0.2, 0.25) is 0 Å². The monoisotopic (exact) mass is 161 g/mol. The molecule has 12 heavy (non-hydrogen) atoms. The van der Waals surface area contributed by atoms with Crippen LogP contribution in [0.3, 0.4) is 0 Å². The Hall–Kier alpha value is -1.31. The second-order valence-corrected chi connectivity index (χ2v) is 3.07. The Labute approximate surface area is 71.3 Å². The SMILES string of the molecule is O=C1C=C(c2ccc[nH]2)CCC1. The number of aromatic amines is 1. The minimum atomic E-state index is 0.255. The lowest BCUT2D eigenvalue weighted by atomic mass is 9.97. The smallest absolute Gasteiger partial charge is 0.156 e. The number of allylic oxidation sites excluding steroid dienone is 2. The van der Waals surface area contributed by atoms with Crippen molar-refractivity contribution in [2.45, 2.75) is 19.3 Å². The molecule has 2 heteroatoms. The Morgan fingerprint density at radius 3 is 2.92 bits per heavy atom. The van der Waals surface area contributed by atoms with E-state index in [0.29, 0.717) is 6.42 Å². The van der Waals surface area contributed by atoms with Gasteiger partial charge in [-0.25, -0.2) is 0 Å². The highest BCUT2D eigenvalue weighted by Gasteiger charge is 2.11. The number of hydrogen-bond donors (Lipinski definition) is 1. The molecule has 2 nitrogen and oxygen atoms in total. The van der Waals surface area contributed by atoms with Crippen LogP contribution in [0.1, 0.15) is 25.0 Å². The number of rotatable bonds is 1. The van der Waals surface area contributed by atoms with Crippen molar-refractivity contribution in [1.29, 1.82) is 0 Å². The minimum Gasteiger partial charge on any atom is -0.361 e. The maximum atomic E-state index is 11.1. The Balaban J connectivity index is 2.29. The third-order valence-electron chi connectivity index (χ3n) is 2.15. The quantitative estimate of drug-likeness (QED) is 0.672. The number of aromatic nitrogens is 1. The average molecular weight is 161 g/mol. The number of nitrogens with one attached hydrogen (secondary N) is 1. The van der Waals surface area contributed by atoms with Crippen LogP contribution in [0, 0.1) is 0 Å². The summed E-state index contributed by atoms with van der Waals surface area (Å²) in [6, 6.07) is 3.96. The number of ketones is 1. The summed E-state index contributed by atoms with van der Waals surface area (Å²) in [5.41, 5.74) is 2.24. The summed E-state index contributed by atoms with van der Waals surface area (Å²) in [4.78, 5) is 14.2. The summed E-state index contributed by atoms with van der Waals surface area (Å²) in [5, 5.41) is 0. The summed E-state index contributed by atoms with van der Waals surface area (Å²) >= 11 is 0. The van der Waals surface area contributed by atoms with Gasteiger partial charge < -0.3 is 4.98 Å². The van der Waals surface area contributed by atoms with Crippen LogP contribution in [0.4, 0.5) is 0 Å². The van der Waals surface area contributed by atoms with Crippen LogP contribution in [0.15, 0.2) is 24.4 Å². The summed E-state index contributed by atoms with van der Waals surface area (Å²) in [6.07, 6.45) is 6.37. The Kier molecular flexibility index (Phi) is 1.82. The lowest BCUT2D eigenvalue weighted by Crippen LogP contribution is -2.01. The zero-order valence-electron chi connectivity index (χ0n) is 6.84. The lowest BCUT2D eigenvalue weighted by molar-refractivity contribution is -0.114. The molecule has 0 spiro atoms. The van der Waals surface area contributed by atoms with Crippen molar-refractivity contribution in [3.05, 3.63) is 30.1 Å². The Morgan fingerprint density at radius 1 is 1.33 bits per heavy atom. The molecule has 1 aromatic rings. The summed E-state index contributed by atoms with van der Waals surface area (Å²) < 4.78 is 0. The Bertz CT molecular complexity index is 309. The van der Waals surface area contributed by atoms with E-state index >= 15 is 0 Å². The molecular weight excluding hydrogens is 150 g/mol. The fraction of sp³-hybridized carbons (Fsp3) is 0.300. The van der Waals surface area contributed by atoms with E-state index in [1.807, 2.05) is 18.3 Å². The van der Waals surface area contributed by atoms with Gasteiger partial charge in [-0.05, 0) is 36.6 Å². The van der Waals surface area contributed by atoms with Gasteiger partial charge in [0.25, 0.3) is 0 Å². The van der Waals surface area contributed by atoms with Crippen LogP contribution in [0.5, 0.6) is 0 Å². The zero-order chi connectivity index (χ0) is 8.39. The van der Waals surface area contributed by atoms with Crippen LogP contribution < -0.4 is 0 Å². The zero-order valence-corrected chi connectivity index (χ0v) is 6.84. The summed E-state index contributed by atoms with van der Waals surface area (Å²) in [5.74, 6) is 0.255. The number of H-pyrrole nitrogens is 1. The molecule has 0 aromatic carbocycles. The van der Waals surface area contributed by atoms with Crippen molar-refractivity contribution in [2.24, 2.45) is 0 Å². The van der Waals surface area contributed by atoms with Crippen molar-refractivity contribution in [3.8, 4) is 0 Å². The van der Waals surface area contributed by atoms with Gasteiger partial charge in [-0.2, -0.15) is 0 Å². The third kappa shape index (κ3) is 1.33. The minimum absolute atomic E-state index is 0.255. The topological polar surface area (TPSA) is 32.9 Å². The first kappa shape index (κ1) is 7.35. The highest BCUT2D eigenvalue weighted by molar-refractivity contribution is 5.97. The number of carbonyl (C=O) groups is 1. The lowest BCUT2D eigenvalue weighted by Gasteiger charge is -2.09. The molecule has 0 amide bonds. The van der Waals surface area contributed by atoms with Crippen LogP contribution in [0.25, 0.3) is 5.57 Å². The molecule has 0 unspecified atom stereocenters. The fourth-order valence-electron chi connectivity index (χ4n) is 1.53. The van der Waals surface area contributed by atoms with Gasteiger partial charge in [0, 0.05) is 18.3 Å². The molecule has 0 radical (unpaired) electrons. The van der Waals surface area contributed by atoms with E-state index < -0.39 is 0 Å².